The number of carbonyl (C=O) groups excluding carboxylic acids is 2. The van der Waals surface area contributed by atoms with Gasteiger partial charge in [0.2, 0.25) is 0 Å². The number of rotatable bonds is 5. The Kier molecular flexibility index (Phi) is 5.83. The van der Waals surface area contributed by atoms with Crippen LogP contribution in [0.3, 0.4) is 0 Å². The molecule has 2 aromatic rings. The number of benzene rings is 1. The number of carbonyl (C=O) groups is 2. The van der Waals surface area contributed by atoms with E-state index in [9.17, 15) is 20.1 Å². The molecule has 0 N–H and O–H groups in total. The summed E-state index contributed by atoms with van der Waals surface area (Å²) in [6, 6.07) is 15.0. The average Bonchev–Trinajstić information content (AvgIpc) is 3.43. The summed E-state index contributed by atoms with van der Waals surface area (Å²) in [6.45, 7) is 5.85. The van der Waals surface area contributed by atoms with Crippen LogP contribution in [0.5, 0.6) is 0 Å². The van der Waals surface area contributed by atoms with Crippen molar-refractivity contribution < 1.29 is 19.1 Å². The molecule has 0 amide bonds. The van der Waals surface area contributed by atoms with E-state index < -0.39 is 22.8 Å². The zero-order valence-electron chi connectivity index (χ0n) is 17.4. The maximum absolute atomic E-state index is 12.9. The highest BCUT2D eigenvalue weighted by molar-refractivity contribution is 7.10. The zero-order chi connectivity index (χ0) is 22.8. The van der Waals surface area contributed by atoms with Gasteiger partial charge in [-0.15, -0.1) is 11.3 Å². The van der Waals surface area contributed by atoms with Crippen LogP contribution in [0.15, 0.2) is 59.5 Å². The Labute approximate surface area is 184 Å². The number of nitriles is 2. The molecule has 1 aromatic heterocycles. The maximum Gasteiger partial charge on any atom is 0.334 e. The Bertz CT molecular complexity index is 1150. The molecule has 1 aliphatic carbocycles. The molecule has 31 heavy (non-hydrogen) atoms. The molecule has 1 aliphatic rings. The van der Waals surface area contributed by atoms with Gasteiger partial charge in [0.1, 0.15) is 0 Å². The van der Waals surface area contributed by atoms with Crippen LogP contribution in [0.2, 0.25) is 0 Å². The van der Waals surface area contributed by atoms with Crippen LogP contribution in [-0.2, 0) is 24.5 Å². The molecule has 0 unspecified atom stereocenters. The van der Waals surface area contributed by atoms with Crippen LogP contribution in [-0.4, -0.2) is 26.2 Å². The number of methoxy groups -OCH3 is 2. The van der Waals surface area contributed by atoms with Crippen LogP contribution in [0, 0.1) is 35.0 Å². The summed E-state index contributed by atoms with van der Waals surface area (Å²) in [5.41, 5.74) is -1.60. The molecule has 0 saturated carbocycles. The van der Waals surface area contributed by atoms with Crippen molar-refractivity contribution >= 4 is 28.8 Å². The first kappa shape index (κ1) is 22.0. The molecule has 6 nitrogen and oxygen atoms in total. The monoisotopic (exact) mass is 432 g/mol. The molecule has 1 aromatic carbocycles. The molecule has 1 heterocycles. The van der Waals surface area contributed by atoms with E-state index in [1.165, 1.54) is 25.6 Å². The minimum absolute atomic E-state index is 0.0657. The van der Waals surface area contributed by atoms with Crippen LogP contribution in [0.4, 0.5) is 0 Å². The van der Waals surface area contributed by atoms with Gasteiger partial charge >= 0.3 is 11.9 Å². The second-order valence-corrected chi connectivity index (χ2v) is 8.16. The van der Waals surface area contributed by atoms with E-state index in [0.717, 1.165) is 5.56 Å². The van der Waals surface area contributed by atoms with Crippen LogP contribution in [0.25, 0.3) is 5.57 Å². The van der Waals surface area contributed by atoms with E-state index in [0.29, 0.717) is 10.4 Å². The summed E-state index contributed by atoms with van der Waals surface area (Å²) in [5, 5.41) is 22.7. The number of esters is 2. The van der Waals surface area contributed by atoms with Crippen molar-refractivity contribution in [2.24, 2.45) is 5.41 Å². The first-order valence-corrected chi connectivity index (χ1v) is 10.2. The van der Waals surface area contributed by atoms with Crippen molar-refractivity contribution in [1.29, 1.82) is 10.5 Å². The molecule has 3 rings (SSSR count). The Morgan fingerprint density at radius 1 is 1.10 bits per heavy atom. The Morgan fingerprint density at radius 3 is 2.23 bits per heavy atom. The van der Waals surface area contributed by atoms with Gasteiger partial charge in [-0.3, -0.25) is 0 Å². The number of hydrogen-bond acceptors (Lipinski definition) is 7. The number of nitrogens with zero attached hydrogens (tertiary/aromatic N) is 2. The molecule has 1 atom stereocenters. The second kappa shape index (κ2) is 8.22. The first-order chi connectivity index (χ1) is 14.8. The maximum atomic E-state index is 12.9. The predicted molar refractivity (Wildman–Crippen MR) is 116 cm³/mol. The van der Waals surface area contributed by atoms with Gasteiger partial charge < -0.3 is 9.47 Å². The highest BCUT2D eigenvalue weighted by Crippen LogP contribution is 2.64. The van der Waals surface area contributed by atoms with Gasteiger partial charge in [0.25, 0.3) is 0 Å². The summed E-state index contributed by atoms with van der Waals surface area (Å²) >= 11 is 1.28. The largest absolute Gasteiger partial charge is 0.466 e. The molecule has 0 aliphatic heterocycles. The summed E-state index contributed by atoms with van der Waals surface area (Å²) in [4.78, 5) is 26.1. The fourth-order valence-electron chi connectivity index (χ4n) is 4.23. The lowest BCUT2D eigenvalue weighted by atomic mass is 9.59. The normalized spacial score (nSPS) is 19.3. The molecule has 0 bridgehead atoms. The molecule has 7 heteroatoms. The number of hydrogen-bond donors (Lipinski definition) is 0. The highest BCUT2D eigenvalue weighted by Gasteiger charge is 2.66. The summed E-state index contributed by atoms with van der Waals surface area (Å²) in [7, 11) is 2.45. The standard InChI is InChI=1S/C24H20N2O4S/c1-15-7-9-17(10-8-15)20-18(22(28)30-4)12-24(16(2)21(27)29-3,19-6-5-11-31-19)23(20,13-25)14-26/h5-11H,2,12H2,1,3-4H3/t24-/m1/s1. The zero-order valence-corrected chi connectivity index (χ0v) is 18.2. The molecule has 0 spiro atoms. The van der Waals surface area contributed by atoms with Crippen LogP contribution >= 0.6 is 11.3 Å². The average molecular weight is 433 g/mol. The minimum Gasteiger partial charge on any atom is -0.466 e. The van der Waals surface area contributed by atoms with Crippen molar-refractivity contribution in [1.82, 2.24) is 0 Å². The molecular formula is C24H20N2O4S. The molecular weight excluding hydrogens is 412 g/mol. The number of aryl methyl sites for hydroxylation is 1. The molecule has 156 valence electrons. The minimum atomic E-state index is -1.91. The van der Waals surface area contributed by atoms with Crippen molar-refractivity contribution in [3.63, 3.8) is 0 Å². The van der Waals surface area contributed by atoms with Crippen LogP contribution < -0.4 is 0 Å². The fourth-order valence-corrected chi connectivity index (χ4v) is 5.24. The van der Waals surface area contributed by atoms with E-state index in [2.05, 4.69) is 18.7 Å². The lowest BCUT2D eigenvalue weighted by Gasteiger charge is -2.38. The number of ether oxygens (including phenoxy) is 2. The summed E-state index contributed by atoms with van der Waals surface area (Å²) in [5.74, 6) is -1.42. The molecule has 0 saturated heterocycles. The third kappa shape index (κ3) is 3.06. The number of thiophene rings is 1. The SMILES string of the molecule is C=C(C(=O)OC)[C@@]1(c2cccs2)CC(C(=O)OC)=C(c2ccc(C)cc2)C1(C#N)C#N. The predicted octanol–water partition coefficient (Wildman–Crippen LogP) is 4.09. The van der Waals surface area contributed by atoms with Crippen molar-refractivity contribution in [2.75, 3.05) is 14.2 Å². The van der Waals surface area contributed by atoms with Crippen molar-refractivity contribution in [3.8, 4) is 12.1 Å². The van der Waals surface area contributed by atoms with Gasteiger partial charge in [0, 0.05) is 21.6 Å². The Balaban J connectivity index is 2.46. The topological polar surface area (TPSA) is 100 Å². The van der Waals surface area contributed by atoms with E-state index >= 15 is 0 Å². The lowest BCUT2D eigenvalue weighted by Crippen LogP contribution is -2.44. The van der Waals surface area contributed by atoms with E-state index in [1.807, 2.05) is 19.1 Å². The smallest absolute Gasteiger partial charge is 0.334 e. The highest BCUT2D eigenvalue weighted by atomic mass is 32.1. The van der Waals surface area contributed by atoms with Crippen LogP contribution in [0.1, 0.15) is 22.4 Å². The van der Waals surface area contributed by atoms with Crippen molar-refractivity contribution in [2.45, 2.75) is 18.8 Å². The van der Waals surface area contributed by atoms with Gasteiger partial charge in [0.15, 0.2) is 5.41 Å². The van der Waals surface area contributed by atoms with Gasteiger partial charge in [-0.05, 0) is 30.4 Å². The number of allylic oxidation sites excluding steroid dienone is 1. The van der Waals surface area contributed by atoms with Gasteiger partial charge in [-0.1, -0.05) is 42.5 Å². The summed E-state index contributed by atoms with van der Waals surface area (Å²) in [6.07, 6.45) is -0.0988. The third-order valence-electron chi connectivity index (χ3n) is 5.76. The van der Waals surface area contributed by atoms with Crippen molar-refractivity contribution in [3.05, 3.63) is 75.5 Å². The van der Waals surface area contributed by atoms with E-state index in [-0.39, 0.29) is 23.1 Å². The van der Waals surface area contributed by atoms with Gasteiger partial charge in [0.05, 0.1) is 31.8 Å². The Hall–Kier alpha value is -3.68. The fraction of sp³-hybridized carbons (Fsp3) is 0.250. The quantitative estimate of drug-likeness (QED) is 0.521. The summed E-state index contributed by atoms with van der Waals surface area (Å²) < 4.78 is 9.93. The molecule has 0 radical (unpaired) electrons. The van der Waals surface area contributed by atoms with Gasteiger partial charge in [-0.25, -0.2) is 9.59 Å². The van der Waals surface area contributed by atoms with Gasteiger partial charge in [-0.2, -0.15) is 10.5 Å². The van der Waals surface area contributed by atoms with E-state index in [4.69, 9.17) is 9.47 Å². The first-order valence-electron chi connectivity index (χ1n) is 9.36. The lowest BCUT2D eigenvalue weighted by molar-refractivity contribution is -0.138. The molecule has 0 fully saturated rings. The second-order valence-electron chi connectivity index (χ2n) is 7.21. The third-order valence-corrected chi connectivity index (χ3v) is 6.79. The van der Waals surface area contributed by atoms with E-state index in [1.54, 1.807) is 29.6 Å². The Morgan fingerprint density at radius 2 is 1.74 bits per heavy atom.